The molecule has 0 aromatic carbocycles. The van der Waals surface area contributed by atoms with Crippen LogP contribution in [0.1, 0.15) is 292 Å². The lowest BCUT2D eigenvalue weighted by molar-refractivity contribution is -0.161. The van der Waals surface area contributed by atoms with Gasteiger partial charge >= 0.3 is 39.5 Å². The average molecular weight is 1190 g/mol. The first-order valence-corrected chi connectivity index (χ1v) is 34.8. The zero-order valence-corrected chi connectivity index (χ0v) is 53.3. The van der Waals surface area contributed by atoms with Crippen molar-refractivity contribution in [3.8, 4) is 0 Å². The topological polar surface area (TPSA) is 237 Å². The fourth-order valence-corrected chi connectivity index (χ4v) is 10.5. The molecular formula is C61H118O17P2. The van der Waals surface area contributed by atoms with Gasteiger partial charge in [0.2, 0.25) is 0 Å². The number of unbranched alkanes of at least 4 members (excludes halogenated alkanes) is 27. The van der Waals surface area contributed by atoms with Crippen LogP contribution in [0.25, 0.3) is 0 Å². The molecule has 0 radical (unpaired) electrons. The van der Waals surface area contributed by atoms with Gasteiger partial charge in [-0.2, -0.15) is 0 Å². The minimum atomic E-state index is -4.94. The van der Waals surface area contributed by atoms with Gasteiger partial charge in [-0.25, -0.2) is 9.13 Å². The van der Waals surface area contributed by atoms with Crippen LogP contribution in [-0.4, -0.2) is 96.7 Å². The van der Waals surface area contributed by atoms with Gasteiger partial charge in [0.15, 0.2) is 12.2 Å². The van der Waals surface area contributed by atoms with Crippen molar-refractivity contribution in [3.63, 3.8) is 0 Å². The third kappa shape index (κ3) is 55.3. The van der Waals surface area contributed by atoms with Crippen LogP contribution in [0, 0.1) is 17.8 Å². The number of phosphoric ester groups is 2. The van der Waals surface area contributed by atoms with Crippen LogP contribution in [-0.2, 0) is 65.4 Å². The minimum Gasteiger partial charge on any atom is -0.462 e. The molecule has 0 aliphatic carbocycles. The van der Waals surface area contributed by atoms with Crippen LogP contribution in [0.15, 0.2) is 0 Å². The van der Waals surface area contributed by atoms with E-state index in [-0.39, 0.29) is 25.7 Å². The lowest BCUT2D eigenvalue weighted by atomic mass is 10.0. The first-order chi connectivity index (χ1) is 38.2. The Labute approximate surface area is 486 Å². The Morgan fingerprint density at radius 2 is 0.575 bits per heavy atom. The van der Waals surface area contributed by atoms with Crippen LogP contribution in [0.2, 0.25) is 0 Å². The third-order valence-electron chi connectivity index (χ3n) is 13.9. The second kappa shape index (κ2) is 52.6. The predicted octanol–water partition coefficient (Wildman–Crippen LogP) is 16.3. The van der Waals surface area contributed by atoms with E-state index < -0.39 is 97.5 Å². The maximum atomic E-state index is 12.9. The molecule has 0 aromatic rings. The summed E-state index contributed by atoms with van der Waals surface area (Å²) in [6, 6.07) is 0. The number of aliphatic hydroxyl groups is 1. The van der Waals surface area contributed by atoms with Gasteiger partial charge in [0, 0.05) is 25.7 Å². The highest BCUT2D eigenvalue weighted by Crippen LogP contribution is 2.45. The molecule has 0 aromatic heterocycles. The second-order valence-electron chi connectivity index (χ2n) is 23.5. The van der Waals surface area contributed by atoms with Gasteiger partial charge < -0.3 is 33.8 Å². The number of rotatable bonds is 59. The van der Waals surface area contributed by atoms with Gasteiger partial charge in [-0.15, -0.1) is 0 Å². The molecule has 0 fully saturated rings. The van der Waals surface area contributed by atoms with Crippen LogP contribution >= 0.6 is 15.6 Å². The van der Waals surface area contributed by atoms with E-state index >= 15 is 0 Å². The summed E-state index contributed by atoms with van der Waals surface area (Å²) in [5, 5.41) is 10.5. The van der Waals surface area contributed by atoms with Gasteiger partial charge in [0.05, 0.1) is 26.4 Å². The number of ether oxygens (including phenoxy) is 4. The van der Waals surface area contributed by atoms with E-state index in [0.29, 0.717) is 37.5 Å². The number of aliphatic hydroxyl groups excluding tert-OH is 1. The summed E-state index contributed by atoms with van der Waals surface area (Å²) in [6.07, 6.45) is 32.3. The predicted molar refractivity (Wildman–Crippen MR) is 317 cm³/mol. The molecule has 0 rings (SSSR count). The first-order valence-electron chi connectivity index (χ1n) is 31.8. The molecule has 5 atom stereocenters. The van der Waals surface area contributed by atoms with Crippen LogP contribution in [0.4, 0.5) is 0 Å². The summed E-state index contributed by atoms with van der Waals surface area (Å²) in [7, 11) is -9.88. The highest BCUT2D eigenvalue weighted by molar-refractivity contribution is 7.47. The SMILES string of the molecule is CCCCCCCCCCCCC(=O)O[C@H](COC(=O)CCCCCCCCC(C)C)COP(=O)(O)OC[C@H](O)COP(=O)(O)OC[C@@H](COC(=O)CCCCCCCCCC(C)C)OC(=O)CCCCCCCCCCC(C)C. The molecule has 0 heterocycles. The minimum absolute atomic E-state index is 0.103. The van der Waals surface area contributed by atoms with E-state index in [2.05, 4.69) is 48.5 Å². The van der Waals surface area contributed by atoms with Gasteiger partial charge in [0.1, 0.15) is 19.3 Å². The quantitative estimate of drug-likeness (QED) is 0.0222. The van der Waals surface area contributed by atoms with Crippen molar-refractivity contribution in [1.82, 2.24) is 0 Å². The molecule has 0 bridgehead atoms. The van der Waals surface area contributed by atoms with Crippen LogP contribution in [0.3, 0.4) is 0 Å². The van der Waals surface area contributed by atoms with E-state index in [1.807, 2.05) is 0 Å². The van der Waals surface area contributed by atoms with Gasteiger partial charge in [-0.1, -0.05) is 241 Å². The summed E-state index contributed by atoms with van der Waals surface area (Å²) >= 11 is 0. The lowest BCUT2D eigenvalue weighted by Crippen LogP contribution is -2.30. The number of phosphoric acid groups is 2. The summed E-state index contributed by atoms with van der Waals surface area (Å²) in [5.41, 5.74) is 0. The smallest absolute Gasteiger partial charge is 0.462 e. The summed E-state index contributed by atoms with van der Waals surface area (Å²) < 4.78 is 67.8. The molecule has 0 saturated heterocycles. The maximum absolute atomic E-state index is 12.9. The number of hydrogen-bond donors (Lipinski definition) is 3. The Kier molecular flexibility index (Phi) is 51.3. The van der Waals surface area contributed by atoms with Crippen LogP contribution < -0.4 is 0 Å². The molecule has 0 spiro atoms. The monoisotopic (exact) mass is 1180 g/mol. The highest BCUT2D eigenvalue weighted by atomic mass is 31.2. The van der Waals surface area contributed by atoms with Crippen molar-refractivity contribution in [2.75, 3.05) is 39.6 Å². The highest BCUT2D eigenvalue weighted by Gasteiger charge is 2.30. The second-order valence-corrected chi connectivity index (χ2v) is 26.4. The normalized spacial score (nSPS) is 14.5. The Morgan fingerprint density at radius 3 is 0.850 bits per heavy atom. The molecule has 2 unspecified atom stereocenters. The molecule has 474 valence electrons. The van der Waals surface area contributed by atoms with E-state index in [0.717, 1.165) is 109 Å². The van der Waals surface area contributed by atoms with E-state index in [9.17, 15) is 43.2 Å². The van der Waals surface area contributed by atoms with Crippen LogP contribution in [0.5, 0.6) is 0 Å². The zero-order valence-electron chi connectivity index (χ0n) is 51.5. The molecule has 3 N–H and O–H groups in total. The number of esters is 4. The van der Waals surface area contributed by atoms with Crippen molar-refractivity contribution in [2.24, 2.45) is 17.8 Å². The summed E-state index contributed by atoms with van der Waals surface area (Å²) in [5.74, 6) is -0.0408. The number of carbonyl (C=O) groups excluding carboxylic acids is 4. The van der Waals surface area contributed by atoms with Gasteiger partial charge in [0.25, 0.3) is 0 Å². The van der Waals surface area contributed by atoms with Crippen molar-refractivity contribution in [2.45, 2.75) is 311 Å². The van der Waals surface area contributed by atoms with Gasteiger partial charge in [-0.05, 0) is 43.4 Å². The van der Waals surface area contributed by atoms with Gasteiger partial charge in [-0.3, -0.25) is 37.3 Å². The number of carbonyl (C=O) groups is 4. The Bertz CT molecular complexity index is 1600. The largest absolute Gasteiger partial charge is 0.472 e. The third-order valence-corrected chi connectivity index (χ3v) is 15.8. The molecule has 17 nitrogen and oxygen atoms in total. The molecule has 0 aliphatic rings. The standard InChI is InChI=1S/C61H118O17P2/c1-8-9-10-11-12-13-14-20-30-37-44-60(65)77-57(49-72-59(64)43-36-29-24-23-27-34-41-54(6)7)51-76-80(69,70)74-47-55(62)46-73-79(67,68)75-50-56(48-71-58(63)42-35-28-22-17-19-26-33-40-53(4)5)78-61(66)45-38-31-21-16-15-18-25-32-39-52(2)3/h52-57,62H,8-51H2,1-7H3,(H,67,68)(H,69,70)/t55-,56-,57-/m1/s1. The zero-order chi connectivity index (χ0) is 59.5. The molecule has 80 heavy (non-hydrogen) atoms. The fraction of sp³-hybridized carbons (Fsp3) is 0.934. The van der Waals surface area contributed by atoms with E-state index in [1.165, 1.54) is 89.9 Å². The first kappa shape index (κ1) is 78.1. The summed E-state index contributed by atoms with van der Waals surface area (Å²) in [4.78, 5) is 72.0. The maximum Gasteiger partial charge on any atom is 0.472 e. The van der Waals surface area contributed by atoms with Crippen molar-refractivity contribution < 1.29 is 80.2 Å². The molecule has 19 heteroatoms. The van der Waals surface area contributed by atoms with Crippen molar-refractivity contribution in [3.05, 3.63) is 0 Å². The molecule has 0 amide bonds. The fourth-order valence-electron chi connectivity index (χ4n) is 8.95. The Hall–Kier alpha value is -1.94. The van der Waals surface area contributed by atoms with Crippen molar-refractivity contribution in [1.29, 1.82) is 0 Å². The molecular weight excluding hydrogens is 1070 g/mol. The van der Waals surface area contributed by atoms with E-state index in [1.54, 1.807) is 0 Å². The Morgan fingerprint density at radius 1 is 0.338 bits per heavy atom. The molecule has 0 aliphatic heterocycles. The Balaban J connectivity index is 5.24. The number of hydrogen-bond acceptors (Lipinski definition) is 15. The summed E-state index contributed by atoms with van der Waals surface area (Å²) in [6.45, 7) is 11.6. The molecule has 0 saturated carbocycles. The lowest BCUT2D eigenvalue weighted by Gasteiger charge is -2.21. The van der Waals surface area contributed by atoms with Crippen molar-refractivity contribution >= 4 is 39.5 Å². The van der Waals surface area contributed by atoms with E-state index in [4.69, 9.17) is 37.0 Å². The average Bonchev–Trinajstić information content (AvgIpc) is 3.40.